The molecule has 5 rings (SSSR count). The number of carbonyl (C=O) groups is 2. The molecule has 2 aliphatic heterocycles. The van der Waals surface area contributed by atoms with Gasteiger partial charge in [0.2, 0.25) is 5.91 Å². The van der Waals surface area contributed by atoms with Crippen LogP contribution in [0.5, 0.6) is 5.75 Å². The molecule has 3 aromatic rings. The van der Waals surface area contributed by atoms with E-state index >= 15 is 0 Å². The number of aromatic nitrogens is 2. The van der Waals surface area contributed by atoms with E-state index in [1.807, 2.05) is 29.2 Å². The van der Waals surface area contributed by atoms with Crippen LogP contribution in [0.15, 0.2) is 67.0 Å². The zero-order valence-electron chi connectivity index (χ0n) is 19.1. The first-order valence-corrected chi connectivity index (χ1v) is 12.1. The number of nitrogens with one attached hydrogen (secondary N) is 1. The molecule has 2 aliphatic rings. The molecule has 9 heteroatoms. The van der Waals surface area contributed by atoms with Gasteiger partial charge in [0.05, 0.1) is 24.0 Å². The highest BCUT2D eigenvalue weighted by molar-refractivity contribution is 6.30. The summed E-state index contributed by atoms with van der Waals surface area (Å²) >= 11 is 6.03. The standard InChI is InChI=1S/C26H26ClN5O3/c27-20-3-1-2-18(14-20)25(33)31-12-9-24(10-13-31)35-23-6-4-21(5-7-23)32(22-8-11-29-30-17-22)26(34)19-15-28-16-19/h1-8,11,14,17,19,24,28H,9-10,12-13,15-16H2. The van der Waals surface area contributed by atoms with Gasteiger partial charge in [-0.2, -0.15) is 10.2 Å². The number of halogens is 1. The minimum atomic E-state index is -0.0566. The molecule has 35 heavy (non-hydrogen) atoms. The normalized spacial score (nSPS) is 16.4. The molecule has 2 amide bonds. The number of rotatable bonds is 6. The maximum absolute atomic E-state index is 13.1. The fraction of sp³-hybridized carbons (Fsp3) is 0.308. The summed E-state index contributed by atoms with van der Waals surface area (Å²) in [5.41, 5.74) is 2.04. The van der Waals surface area contributed by atoms with E-state index in [-0.39, 0.29) is 23.8 Å². The quantitative estimate of drug-likeness (QED) is 0.565. The first kappa shape index (κ1) is 23.3. The van der Waals surface area contributed by atoms with E-state index in [0.717, 1.165) is 24.3 Å². The monoisotopic (exact) mass is 491 g/mol. The Bertz CT molecular complexity index is 1180. The summed E-state index contributed by atoms with van der Waals surface area (Å²) < 4.78 is 6.19. The first-order valence-electron chi connectivity index (χ1n) is 11.7. The third kappa shape index (κ3) is 5.28. The van der Waals surface area contributed by atoms with Gasteiger partial charge in [0.15, 0.2) is 0 Å². The Morgan fingerprint density at radius 2 is 1.77 bits per heavy atom. The van der Waals surface area contributed by atoms with Crippen LogP contribution < -0.4 is 15.0 Å². The summed E-state index contributed by atoms with van der Waals surface area (Å²) in [6.45, 7) is 2.60. The van der Waals surface area contributed by atoms with Crippen LogP contribution in [-0.2, 0) is 4.79 Å². The van der Waals surface area contributed by atoms with E-state index in [1.165, 1.54) is 0 Å². The van der Waals surface area contributed by atoms with Crippen LogP contribution in [0.4, 0.5) is 11.4 Å². The smallest absolute Gasteiger partial charge is 0.253 e. The Kier molecular flexibility index (Phi) is 6.92. The molecule has 180 valence electrons. The van der Waals surface area contributed by atoms with E-state index in [4.69, 9.17) is 16.3 Å². The summed E-state index contributed by atoms with van der Waals surface area (Å²) in [7, 11) is 0. The van der Waals surface area contributed by atoms with Crippen molar-refractivity contribution in [2.75, 3.05) is 31.1 Å². The number of hydrogen-bond donors (Lipinski definition) is 1. The van der Waals surface area contributed by atoms with E-state index in [9.17, 15) is 9.59 Å². The number of benzene rings is 2. The average Bonchev–Trinajstić information content (AvgIpc) is 2.85. The molecule has 2 aromatic carbocycles. The SMILES string of the molecule is O=C(c1cccc(Cl)c1)N1CCC(Oc2ccc(N(C(=O)C3CNC3)c3ccnnc3)cc2)CC1. The number of piperidine rings is 1. The Morgan fingerprint density at radius 1 is 1.00 bits per heavy atom. The lowest BCUT2D eigenvalue weighted by atomic mass is 10.0. The van der Waals surface area contributed by atoms with E-state index < -0.39 is 0 Å². The van der Waals surface area contributed by atoms with Crippen LogP contribution in [-0.4, -0.2) is 59.2 Å². The molecule has 1 N–H and O–H groups in total. The molecule has 0 saturated carbocycles. The molecule has 0 atom stereocenters. The highest BCUT2D eigenvalue weighted by atomic mass is 35.5. The lowest BCUT2D eigenvalue weighted by Gasteiger charge is -2.33. The second kappa shape index (κ2) is 10.4. The maximum Gasteiger partial charge on any atom is 0.253 e. The van der Waals surface area contributed by atoms with Crippen LogP contribution in [0.3, 0.4) is 0 Å². The van der Waals surface area contributed by atoms with E-state index in [2.05, 4.69) is 15.5 Å². The average molecular weight is 492 g/mol. The number of likely N-dealkylation sites (tertiary alicyclic amines) is 1. The van der Waals surface area contributed by atoms with Gasteiger partial charge < -0.3 is 15.0 Å². The minimum Gasteiger partial charge on any atom is -0.490 e. The van der Waals surface area contributed by atoms with Crippen molar-refractivity contribution in [2.45, 2.75) is 18.9 Å². The molecular weight excluding hydrogens is 466 g/mol. The van der Waals surface area contributed by atoms with Crippen molar-refractivity contribution in [3.63, 3.8) is 0 Å². The summed E-state index contributed by atoms with van der Waals surface area (Å²) in [5, 5.41) is 11.5. The predicted molar refractivity (Wildman–Crippen MR) is 133 cm³/mol. The van der Waals surface area contributed by atoms with Crippen LogP contribution in [0.2, 0.25) is 5.02 Å². The van der Waals surface area contributed by atoms with Crippen LogP contribution >= 0.6 is 11.6 Å². The summed E-state index contributed by atoms with van der Waals surface area (Å²) in [5.74, 6) is 0.701. The second-order valence-corrected chi connectivity index (χ2v) is 9.18. The number of hydrogen-bond acceptors (Lipinski definition) is 6. The van der Waals surface area contributed by atoms with Crippen molar-refractivity contribution in [1.29, 1.82) is 0 Å². The Hall–Kier alpha value is -3.49. The second-order valence-electron chi connectivity index (χ2n) is 8.74. The third-order valence-corrected chi connectivity index (χ3v) is 6.61. The number of amides is 2. The van der Waals surface area contributed by atoms with Crippen molar-refractivity contribution in [3.8, 4) is 5.75 Å². The van der Waals surface area contributed by atoms with Gasteiger partial charge in [-0.15, -0.1) is 0 Å². The number of carbonyl (C=O) groups excluding carboxylic acids is 2. The molecule has 0 radical (unpaired) electrons. The topological polar surface area (TPSA) is 87.7 Å². The van der Waals surface area contributed by atoms with Crippen LogP contribution in [0.1, 0.15) is 23.2 Å². The molecule has 0 bridgehead atoms. The van der Waals surface area contributed by atoms with Crippen molar-refractivity contribution < 1.29 is 14.3 Å². The van der Waals surface area contributed by atoms with Gasteiger partial charge in [-0.3, -0.25) is 14.5 Å². The number of nitrogens with zero attached hydrogens (tertiary/aromatic N) is 4. The van der Waals surface area contributed by atoms with Gasteiger partial charge in [-0.25, -0.2) is 0 Å². The number of ether oxygens (including phenoxy) is 1. The molecule has 0 unspecified atom stereocenters. The Balaban J connectivity index is 1.21. The summed E-state index contributed by atoms with van der Waals surface area (Å²) in [6, 6.07) is 16.4. The molecule has 2 saturated heterocycles. The number of anilines is 2. The van der Waals surface area contributed by atoms with E-state index in [1.54, 1.807) is 47.6 Å². The lowest BCUT2D eigenvalue weighted by Crippen LogP contribution is -2.51. The molecule has 0 spiro atoms. The summed E-state index contributed by atoms with van der Waals surface area (Å²) in [4.78, 5) is 29.4. The molecular formula is C26H26ClN5O3. The van der Waals surface area contributed by atoms with Gasteiger partial charge in [-0.05, 0) is 48.5 Å². The lowest BCUT2D eigenvalue weighted by molar-refractivity contribution is -0.123. The van der Waals surface area contributed by atoms with Crippen molar-refractivity contribution in [3.05, 3.63) is 77.6 Å². The van der Waals surface area contributed by atoms with Crippen molar-refractivity contribution in [1.82, 2.24) is 20.4 Å². The first-order chi connectivity index (χ1) is 17.1. The highest BCUT2D eigenvalue weighted by Crippen LogP contribution is 2.30. The Morgan fingerprint density at radius 3 is 2.40 bits per heavy atom. The molecule has 2 fully saturated rings. The third-order valence-electron chi connectivity index (χ3n) is 6.38. The van der Waals surface area contributed by atoms with Gasteiger partial charge in [0.1, 0.15) is 11.9 Å². The van der Waals surface area contributed by atoms with Gasteiger partial charge in [0, 0.05) is 55.3 Å². The van der Waals surface area contributed by atoms with Crippen LogP contribution in [0, 0.1) is 5.92 Å². The highest BCUT2D eigenvalue weighted by Gasteiger charge is 2.31. The maximum atomic E-state index is 13.1. The molecule has 3 heterocycles. The predicted octanol–water partition coefficient (Wildman–Crippen LogP) is 3.70. The van der Waals surface area contributed by atoms with Gasteiger partial charge >= 0.3 is 0 Å². The molecule has 8 nitrogen and oxygen atoms in total. The van der Waals surface area contributed by atoms with Crippen molar-refractivity contribution in [2.24, 2.45) is 5.92 Å². The fourth-order valence-electron chi connectivity index (χ4n) is 4.31. The largest absolute Gasteiger partial charge is 0.490 e. The zero-order chi connectivity index (χ0) is 24.2. The van der Waals surface area contributed by atoms with Crippen molar-refractivity contribution >= 4 is 34.8 Å². The molecule has 0 aliphatic carbocycles. The van der Waals surface area contributed by atoms with Gasteiger partial charge in [0.25, 0.3) is 5.91 Å². The Labute approximate surface area is 208 Å². The zero-order valence-corrected chi connectivity index (χ0v) is 19.9. The van der Waals surface area contributed by atoms with Crippen LogP contribution in [0.25, 0.3) is 0 Å². The summed E-state index contributed by atoms with van der Waals surface area (Å²) in [6.07, 6.45) is 4.68. The fourth-order valence-corrected chi connectivity index (χ4v) is 4.50. The van der Waals surface area contributed by atoms with E-state index in [0.29, 0.717) is 42.5 Å². The minimum absolute atomic E-state index is 0.00711. The molecule has 1 aromatic heterocycles. The van der Waals surface area contributed by atoms with Gasteiger partial charge in [-0.1, -0.05) is 17.7 Å².